The number of fused-ring (bicyclic) bond motifs is 1. The third-order valence-electron chi connectivity index (χ3n) is 6.78. The first-order valence-electron chi connectivity index (χ1n) is 12.1. The van der Waals surface area contributed by atoms with E-state index in [4.69, 9.17) is 16.6 Å². The average Bonchev–Trinajstić information content (AvgIpc) is 3.29. The summed E-state index contributed by atoms with van der Waals surface area (Å²) in [5, 5.41) is 5.13. The van der Waals surface area contributed by atoms with Gasteiger partial charge in [0.15, 0.2) is 0 Å². The molecule has 1 unspecified atom stereocenters. The van der Waals surface area contributed by atoms with Crippen LogP contribution in [0.4, 0.5) is 5.82 Å². The zero-order valence-electron chi connectivity index (χ0n) is 20.1. The maximum Gasteiger partial charge on any atom is 0.138 e. The van der Waals surface area contributed by atoms with Gasteiger partial charge in [0.1, 0.15) is 11.5 Å². The van der Waals surface area contributed by atoms with Crippen LogP contribution in [0.5, 0.6) is 0 Å². The Labute approximate surface area is 206 Å². The topological polar surface area (TPSA) is 56.8 Å². The number of likely N-dealkylation sites (tertiary alicyclic amines) is 1. The highest BCUT2D eigenvalue weighted by atomic mass is 35.5. The molecule has 0 bridgehead atoms. The Bertz CT molecular complexity index is 1280. The molecule has 34 heavy (non-hydrogen) atoms. The summed E-state index contributed by atoms with van der Waals surface area (Å²) >= 11 is 6.65. The third kappa shape index (κ3) is 4.82. The first-order valence-corrected chi connectivity index (χ1v) is 12.4. The maximum absolute atomic E-state index is 6.65. The monoisotopic (exact) mass is 473 g/mol. The summed E-state index contributed by atoms with van der Waals surface area (Å²) < 4.78 is 0. The van der Waals surface area contributed by atoms with Crippen molar-refractivity contribution in [2.24, 2.45) is 0 Å². The highest BCUT2D eigenvalue weighted by molar-refractivity contribution is 6.33. The molecule has 3 aromatic heterocycles. The molecule has 0 amide bonds. The summed E-state index contributed by atoms with van der Waals surface area (Å²) in [6.07, 6.45) is 4.23. The summed E-state index contributed by atoms with van der Waals surface area (Å²) in [5.41, 5.74) is 5.30. The van der Waals surface area contributed by atoms with Crippen LogP contribution in [0.2, 0.25) is 5.02 Å². The van der Waals surface area contributed by atoms with Crippen molar-refractivity contribution in [1.29, 1.82) is 0 Å². The van der Waals surface area contributed by atoms with Gasteiger partial charge in [0, 0.05) is 47.4 Å². The van der Waals surface area contributed by atoms with E-state index in [1.54, 1.807) is 0 Å². The van der Waals surface area contributed by atoms with Gasteiger partial charge in [-0.25, -0.2) is 9.97 Å². The number of halogens is 1. The quantitative estimate of drug-likeness (QED) is 0.332. The minimum Gasteiger partial charge on any atom is -0.366 e. The number of hydrogen-bond acceptors (Lipinski definition) is 4. The van der Waals surface area contributed by atoms with Gasteiger partial charge in [-0.3, -0.25) is 4.90 Å². The molecule has 176 valence electrons. The molecular formula is C28H32ClN5. The first kappa shape index (κ1) is 22.9. The van der Waals surface area contributed by atoms with E-state index in [1.807, 2.05) is 42.6 Å². The van der Waals surface area contributed by atoms with Crippen molar-refractivity contribution < 1.29 is 0 Å². The van der Waals surface area contributed by atoms with Crippen LogP contribution < -0.4 is 5.32 Å². The number of pyridine rings is 2. The van der Waals surface area contributed by atoms with Gasteiger partial charge in [0.2, 0.25) is 0 Å². The SMILES string of the molecule is CC(C)(C)N1CCCC(c2cc3c(-c4nc(NCc5ccccc5)ccc4Cl)ccnc3[nH]2)C1. The lowest BCUT2D eigenvalue weighted by atomic mass is 9.91. The molecule has 0 aliphatic carbocycles. The summed E-state index contributed by atoms with van der Waals surface area (Å²) in [4.78, 5) is 15.7. The molecule has 1 aliphatic heterocycles. The normalized spacial score (nSPS) is 17.2. The lowest BCUT2D eigenvalue weighted by molar-refractivity contribution is 0.0979. The van der Waals surface area contributed by atoms with Gasteiger partial charge in [-0.2, -0.15) is 0 Å². The van der Waals surface area contributed by atoms with Gasteiger partial charge in [0.05, 0.1) is 10.7 Å². The minimum atomic E-state index is 0.179. The number of H-pyrrole nitrogens is 1. The van der Waals surface area contributed by atoms with Crippen LogP contribution in [0.3, 0.4) is 0 Å². The Kier molecular flexibility index (Phi) is 6.32. The summed E-state index contributed by atoms with van der Waals surface area (Å²) in [7, 11) is 0. The van der Waals surface area contributed by atoms with Crippen LogP contribution in [-0.2, 0) is 6.54 Å². The Morgan fingerprint density at radius 2 is 1.94 bits per heavy atom. The Morgan fingerprint density at radius 3 is 2.74 bits per heavy atom. The molecule has 1 saturated heterocycles. The van der Waals surface area contributed by atoms with Crippen molar-refractivity contribution >= 4 is 28.5 Å². The Balaban J connectivity index is 1.44. The lowest BCUT2D eigenvalue weighted by Gasteiger charge is -2.41. The molecule has 1 aromatic carbocycles. The number of aromatic nitrogens is 3. The molecule has 1 aliphatic rings. The molecule has 5 rings (SSSR count). The number of nitrogens with zero attached hydrogens (tertiary/aromatic N) is 3. The molecule has 0 radical (unpaired) electrons. The van der Waals surface area contributed by atoms with Crippen LogP contribution in [0.25, 0.3) is 22.3 Å². The predicted molar refractivity (Wildman–Crippen MR) is 141 cm³/mol. The fraction of sp³-hybridized carbons (Fsp3) is 0.357. The zero-order chi connectivity index (χ0) is 23.7. The van der Waals surface area contributed by atoms with E-state index in [0.29, 0.717) is 17.5 Å². The lowest BCUT2D eigenvalue weighted by Crippen LogP contribution is -2.46. The molecule has 1 atom stereocenters. The van der Waals surface area contributed by atoms with Crippen molar-refractivity contribution in [1.82, 2.24) is 19.9 Å². The predicted octanol–water partition coefficient (Wildman–Crippen LogP) is 6.87. The summed E-state index contributed by atoms with van der Waals surface area (Å²) in [5.74, 6) is 1.27. The van der Waals surface area contributed by atoms with Crippen molar-refractivity contribution in [3.05, 3.63) is 77.1 Å². The van der Waals surface area contributed by atoms with Crippen molar-refractivity contribution in [3.8, 4) is 11.3 Å². The second-order valence-electron chi connectivity index (χ2n) is 10.2. The molecule has 4 heterocycles. The van der Waals surface area contributed by atoms with Gasteiger partial charge in [-0.15, -0.1) is 0 Å². The molecule has 2 N–H and O–H groups in total. The number of benzene rings is 1. The molecule has 1 fully saturated rings. The van der Waals surface area contributed by atoms with Gasteiger partial charge >= 0.3 is 0 Å². The first-order chi connectivity index (χ1) is 16.4. The number of anilines is 1. The molecule has 0 saturated carbocycles. The minimum absolute atomic E-state index is 0.179. The second-order valence-corrected chi connectivity index (χ2v) is 10.6. The summed E-state index contributed by atoms with van der Waals surface area (Å²) in [6.45, 7) is 9.82. The fourth-order valence-electron chi connectivity index (χ4n) is 4.83. The van der Waals surface area contributed by atoms with Crippen LogP contribution >= 0.6 is 11.6 Å². The number of aromatic amines is 1. The maximum atomic E-state index is 6.65. The number of hydrogen-bond donors (Lipinski definition) is 2. The van der Waals surface area contributed by atoms with E-state index in [1.165, 1.54) is 24.1 Å². The number of nitrogens with one attached hydrogen (secondary N) is 2. The molecule has 5 nitrogen and oxygen atoms in total. The van der Waals surface area contributed by atoms with Crippen LogP contribution in [-0.4, -0.2) is 38.5 Å². The average molecular weight is 474 g/mol. The molecule has 0 spiro atoms. The highest BCUT2D eigenvalue weighted by Gasteiger charge is 2.29. The Morgan fingerprint density at radius 1 is 1.12 bits per heavy atom. The van der Waals surface area contributed by atoms with Crippen LogP contribution in [0.15, 0.2) is 60.8 Å². The standard InChI is InChI=1S/C28H32ClN5/c1-28(2,3)34-15-7-10-20(18-34)24-16-22-21(13-14-30-27(22)32-24)26-23(29)11-12-25(33-26)31-17-19-8-5-4-6-9-19/h4-6,8-9,11-14,16,20H,7,10,15,17-18H2,1-3H3,(H,30,32)(H,31,33). The van der Waals surface area contributed by atoms with E-state index >= 15 is 0 Å². The van der Waals surface area contributed by atoms with Crippen molar-refractivity contribution in [3.63, 3.8) is 0 Å². The smallest absolute Gasteiger partial charge is 0.138 e. The van der Waals surface area contributed by atoms with E-state index in [0.717, 1.165) is 41.2 Å². The molecular weight excluding hydrogens is 442 g/mol. The molecule has 4 aromatic rings. The largest absolute Gasteiger partial charge is 0.366 e. The summed E-state index contributed by atoms with van der Waals surface area (Å²) in [6, 6.07) is 18.4. The van der Waals surface area contributed by atoms with E-state index in [-0.39, 0.29) is 5.54 Å². The number of rotatable bonds is 5. The molecule has 6 heteroatoms. The van der Waals surface area contributed by atoms with Crippen molar-refractivity contribution in [2.45, 2.75) is 51.6 Å². The van der Waals surface area contributed by atoms with Crippen LogP contribution in [0.1, 0.15) is 50.8 Å². The fourth-order valence-corrected chi connectivity index (χ4v) is 5.04. The van der Waals surface area contributed by atoms with Gasteiger partial charge in [0.25, 0.3) is 0 Å². The zero-order valence-corrected chi connectivity index (χ0v) is 20.9. The van der Waals surface area contributed by atoms with E-state index in [9.17, 15) is 0 Å². The van der Waals surface area contributed by atoms with Gasteiger partial charge in [-0.1, -0.05) is 41.9 Å². The van der Waals surface area contributed by atoms with Gasteiger partial charge < -0.3 is 10.3 Å². The number of piperidine rings is 1. The van der Waals surface area contributed by atoms with E-state index < -0.39 is 0 Å². The Hall–Kier alpha value is -2.89. The van der Waals surface area contributed by atoms with Crippen molar-refractivity contribution in [2.75, 3.05) is 18.4 Å². The highest BCUT2D eigenvalue weighted by Crippen LogP contribution is 2.36. The second kappa shape index (κ2) is 9.40. The van der Waals surface area contributed by atoms with Gasteiger partial charge in [-0.05, 0) is 70.0 Å². The van der Waals surface area contributed by atoms with Crippen LogP contribution in [0, 0.1) is 0 Å². The third-order valence-corrected chi connectivity index (χ3v) is 7.09. The van der Waals surface area contributed by atoms with E-state index in [2.05, 4.69) is 59.2 Å².